The quantitative estimate of drug-likeness (QED) is 0.335. The van der Waals surface area contributed by atoms with Crippen molar-refractivity contribution in [2.45, 2.75) is 58.5 Å². The molecule has 1 atom stereocenters. The molecule has 0 aliphatic heterocycles. The molecule has 13 heavy (non-hydrogen) atoms. The molecule has 0 heterocycles. The van der Waals surface area contributed by atoms with E-state index in [0.717, 1.165) is 19.3 Å². The van der Waals surface area contributed by atoms with Crippen LogP contribution in [0, 0.1) is 10.1 Å². The van der Waals surface area contributed by atoms with Crippen LogP contribution in [0.2, 0.25) is 0 Å². The number of unbranched alkanes of at least 4 members (excludes halogenated alkanes) is 3. The van der Waals surface area contributed by atoms with Crippen molar-refractivity contribution in [1.29, 1.82) is 0 Å². The lowest BCUT2D eigenvalue weighted by Gasteiger charge is -2.11. The maximum atomic E-state index is 10.0. The van der Waals surface area contributed by atoms with Gasteiger partial charge in [0.1, 0.15) is 6.10 Å². The standard InChI is InChI=1S/C9H19NO3/c1-3-5-6-7-8-9(4-2)13-10(11)12/h9H,3-8H2,1-2H3. The summed E-state index contributed by atoms with van der Waals surface area (Å²) in [6.45, 7) is 4.05. The molecule has 0 N–H and O–H groups in total. The predicted octanol–water partition coefficient (Wildman–Crippen LogP) is 2.94. The van der Waals surface area contributed by atoms with Crippen molar-refractivity contribution in [2.75, 3.05) is 0 Å². The van der Waals surface area contributed by atoms with Crippen molar-refractivity contribution in [3.8, 4) is 0 Å². The summed E-state index contributed by atoms with van der Waals surface area (Å²) >= 11 is 0. The smallest absolute Gasteiger partial charge is 0.294 e. The van der Waals surface area contributed by atoms with Crippen LogP contribution >= 0.6 is 0 Å². The summed E-state index contributed by atoms with van der Waals surface area (Å²) in [5.41, 5.74) is 0. The minimum atomic E-state index is -0.687. The first-order chi connectivity index (χ1) is 6.20. The Hall–Kier alpha value is -0.800. The van der Waals surface area contributed by atoms with Crippen LogP contribution in [0.15, 0.2) is 0 Å². The highest BCUT2D eigenvalue weighted by atomic mass is 17.0. The fourth-order valence-electron chi connectivity index (χ4n) is 1.25. The third kappa shape index (κ3) is 7.56. The number of hydrogen-bond acceptors (Lipinski definition) is 3. The van der Waals surface area contributed by atoms with Gasteiger partial charge in [0.05, 0.1) is 0 Å². The second-order valence-corrected chi connectivity index (χ2v) is 3.21. The molecule has 4 nitrogen and oxygen atoms in total. The van der Waals surface area contributed by atoms with Crippen LogP contribution in [0.1, 0.15) is 52.4 Å². The Kier molecular flexibility index (Phi) is 7.35. The molecule has 0 aliphatic carbocycles. The van der Waals surface area contributed by atoms with E-state index in [1.54, 1.807) is 0 Å². The van der Waals surface area contributed by atoms with E-state index in [9.17, 15) is 10.1 Å². The highest BCUT2D eigenvalue weighted by Gasteiger charge is 2.09. The second kappa shape index (κ2) is 7.83. The fourth-order valence-corrected chi connectivity index (χ4v) is 1.25. The van der Waals surface area contributed by atoms with E-state index in [4.69, 9.17) is 0 Å². The Morgan fingerprint density at radius 3 is 2.46 bits per heavy atom. The molecule has 0 amide bonds. The minimum absolute atomic E-state index is 0.202. The first kappa shape index (κ1) is 12.2. The molecule has 0 saturated heterocycles. The zero-order valence-corrected chi connectivity index (χ0v) is 8.49. The van der Waals surface area contributed by atoms with Crippen molar-refractivity contribution < 1.29 is 9.92 Å². The lowest BCUT2D eigenvalue weighted by atomic mass is 10.1. The van der Waals surface area contributed by atoms with Crippen LogP contribution in [-0.4, -0.2) is 11.2 Å². The summed E-state index contributed by atoms with van der Waals surface area (Å²) in [6.07, 6.45) is 5.88. The molecule has 0 saturated carbocycles. The molecule has 4 heteroatoms. The molecule has 0 fully saturated rings. The highest BCUT2D eigenvalue weighted by molar-refractivity contribution is 4.53. The third-order valence-electron chi connectivity index (χ3n) is 2.07. The van der Waals surface area contributed by atoms with E-state index in [1.807, 2.05) is 6.92 Å². The molecular weight excluding hydrogens is 170 g/mol. The molecule has 0 bridgehead atoms. The van der Waals surface area contributed by atoms with Gasteiger partial charge in [0.2, 0.25) is 0 Å². The van der Waals surface area contributed by atoms with Crippen molar-refractivity contribution in [1.82, 2.24) is 0 Å². The minimum Gasteiger partial charge on any atom is -0.311 e. The summed E-state index contributed by atoms with van der Waals surface area (Å²) in [6, 6.07) is 0. The van der Waals surface area contributed by atoms with Gasteiger partial charge in [0.15, 0.2) is 0 Å². The molecule has 0 radical (unpaired) electrons. The van der Waals surface area contributed by atoms with Gasteiger partial charge in [-0.3, -0.25) is 0 Å². The summed E-state index contributed by atoms with van der Waals surface area (Å²) in [5.74, 6) is 0. The molecule has 78 valence electrons. The van der Waals surface area contributed by atoms with E-state index in [1.165, 1.54) is 12.8 Å². The first-order valence-corrected chi connectivity index (χ1v) is 5.01. The zero-order valence-electron chi connectivity index (χ0n) is 8.49. The van der Waals surface area contributed by atoms with Crippen LogP contribution in [0.25, 0.3) is 0 Å². The summed E-state index contributed by atoms with van der Waals surface area (Å²) < 4.78 is 0. The van der Waals surface area contributed by atoms with Gasteiger partial charge in [-0.1, -0.05) is 39.5 Å². The monoisotopic (exact) mass is 189 g/mol. The predicted molar refractivity (Wildman–Crippen MR) is 50.9 cm³/mol. The van der Waals surface area contributed by atoms with Crippen LogP contribution < -0.4 is 0 Å². The average Bonchev–Trinajstić information content (AvgIpc) is 2.09. The van der Waals surface area contributed by atoms with Gasteiger partial charge in [-0.2, -0.15) is 0 Å². The van der Waals surface area contributed by atoms with E-state index in [0.29, 0.717) is 6.42 Å². The second-order valence-electron chi connectivity index (χ2n) is 3.21. The topological polar surface area (TPSA) is 52.4 Å². The number of nitrogens with zero attached hydrogens (tertiary/aromatic N) is 1. The van der Waals surface area contributed by atoms with Crippen LogP contribution in [-0.2, 0) is 4.84 Å². The largest absolute Gasteiger partial charge is 0.311 e. The van der Waals surface area contributed by atoms with Crippen LogP contribution in [0.5, 0.6) is 0 Å². The maximum Gasteiger partial charge on any atom is 0.294 e. The van der Waals surface area contributed by atoms with E-state index < -0.39 is 5.09 Å². The van der Waals surface area contributed by atoms with Gasteiger partial charge in [-0.05, 0) is 12.8 Å². The number of hydrogen-bond donors (Lipinski definition) is 0. The van der Waals surface area contributed by atoms with Crippen molar-refractivity contribution in [3.05, 3.63) is 10.1 Å². The zero-order chi connectivity index (χ0) is 10.1. The Morgan fingerprint density at radius 2 is 2.00 bits per heavy atom. The maximum absolute atomic E-state index is 10.0. The SMILES string of the molecule is CCCCCCC(CC)O[N+](=O)[O-]. The Balaban J connectivity index is 3.42. The molecule has 0 aromatic rings. The van der Waals surface area contributed by atoms with Crippen LogP contribution in [0.4, 0.5) is 0 Å². The first-order valence-electron chi connectivity index (χ1n) is 5.01. The molecule has 0 aromatic heterocycles. The van der Waals surface area contributed by atoms with Crippen LogP contribution in [0.3, 0.4) is 0 Å². The van der Waals surface area contributed by atoms with Gasteiger partial charge in [0, 0.05) is 0 Å². The van der Waals surface area contributed by atoms with Gasteiger partial charge >= 0.3 is 0 Å². The van der Waals surface area contributed by atoms with Gasteiger partial charge in [-0.15, -0.1) is 10.1 Å². The summed E-state index contributed by atoms with van der Waals surface area (Å²) in [5, 5.41) is 9.35. The van der Waals surface area contributed by atoms with Crippen molar-refractivity contribution in [2.24, 2.45) is 0 Å². The highest BCUT2D eigenvalue weighted by Crippen LogP contribution is 2.10. The van der Waals surface area contributed by atoms with Gasteiger partial charge < -0.3 is 4.84 Å². The van der Waals surface area contributed by atoms with E-state index in [2.05, 4.69) is 11.8 Å². The fraction of sp³-hybridized carbons (Fsp3) is 1.00. The lowest BCUT2D eigenvalue weighted by molar-refractivity contribution is -0.768. The summed E-state index contributed by atoms with van der Waals surface area (Å²) in [4.78, 5) is 14.5. The average molecular weight is 189 g/mol. The van der Waals surface area contributed by atoms with E-state index in [-0.39, 0.29) is 6.10 Å². The van der Waals surface area contributed by atoms with E-state index >= 15 is 0 Å². The molecule has 0 aromatic carbocycles. The van der Waals surface area contributed by atoms with Gasteiger partial charge in [0.25, 0.3) is 5.09 Å². The van der Waals surface area contributed by atoms with Gasteiger partial charge in [-0.25, -0.2) is 0 Å². The Morgan fingerprint density at radius 1 is 1.31 bits per heavy atom. The molecule has 0 spiro atoms. The number of rotatable bonds is 8. The summed E-state index contributed by atoms with van der Waals surface area (Å²) in [7, 11) is 0. The molecule has 0 rings (SSSR count). The normalized spacial score (nSPS) is 12.5. The molecule has 0 aliphatic rings. The Labute approximate surface area is 79.4 Å². The third-order valence-corrected chi connectivity index (χ3v) is 2.07. The van der Waals surface area contributed by atoms with Crippen molar-refractivity contribution >= 4 is 0 Å². The molecular formula is C9H19NO3. The molecule has 1 unspecified atom stereocenters. The Bertz CT molecular complexity index is 139. The lowest BCUT2D eigenvalue weighted by Crippen LogP contribution is -2.15. The van der Waals surface area contributed by atoms with Crippen molar-refractivity contribution in [3.63, 3.8) is 0 Å².